The molecular weight excluding hydrogens is 374 g/mol. The molecule has 0 heterocycles. The van der Waals surface area contributed by atoms with E-state index in [0.717, 1.165) is 0 Å². The molecule has 29 heavy (non-hydrogen) atoms. The fraction of sp³-hybridized carbons (Fsp3) is 0.550. The van der Waals surface area contributed by atoms with Gasteiger partial charge < -0.3 is 21.1 Å². The number of carbonyl (C=O) groups excluding carboxylic acids is 3. The lowest BCUT2D eigenvalue weighted by Crippen LogP contribution is -2.50. The second-order valence-corrected chi connectivity index (χ2v) is 8.06. The SMILES string of the molecule is CC(C)C[C@H](NC(=O)OC(C)(C)C)C(=O)NNc1ccc(C(=O)NCCN)cc1. The van der Waals surface area contributed by atoms with Crippen LogP contribution in [0.1, 0.15) is 51.4 Å². The van der Waals surface area contributed by atoms with Crippen molar-refractivity contribution in [2.24, 2.45) is 11.7 Å². The molecule has 1 aromatic rings. The van der Waals surface area contributed by atoms with Gasteiger partial charge in [0, 0.05) is 18.7 Å². The van der Waals surface area contributed by atoms with Gasteiger partial charge in [-0.1, -0.05) is 13.8 Å². The second-order valence-electron chi connectivity index (χ2n) is 8.06. The first kappa shape index (κ1) is 24.2. The molecule has 0 aliphatic heterocycles. The van der Waals surface area contributed by atoms with E-state index in [9.17, 15) is 14.4 Å². The first-order valence-corrected chi connectivity index (χ1v) is 9.65. The minimum atomic E-state index is -0.751. The van der Waals surface area contributed by atoms with E-state index in [1.54, 1.807) is 45.0 Å². The Morgan fingerprint density at radius 2 is 1.72 bits per heavy atom. The number of rotatable bonds is 9. The number of nitrogens with two attached hydrogens (primary N) is 1. The molecule has 6 N–H and O–H groups in total. The van der Waals surface area contributed by atoms with E-state index >= 15 is 0 Å². The van der Waals surface area contributed by atoms with Crippen LogP contribution in [0.5, 0.6) is 0 Å². The molecular formula is C20H33N5O4. The maximum absolute atomic E-state index is 12.5. The van der Waals surface area contributed by atoms with Crippen LogP contribution in [-0.2, 0) is 9.53 Å². The highest BCUT2D eigenvalue weighted by atomic mass is 16.6. The third-order valence-electron chi connectivity index (χ3n) is 3.62. The van der Waals surface area contributed by atoms with Gasteiger partial charge in [-0.3, -0.25) is 20.4 Å². The molecule has 1 rings (SSSR count). The predicted octanol–water partition coefficient (Wildman–Crippen LogP) is 1.76. The Bertz CT molecular complexity index is 683. The summed E-state index contributed by atoms with van der Waals surface area (Å²) in [5, 5.41) is 5.29. The van der Waals surface area contributed by atoms with Crippen LogP contribution in [0.4, 0.5) is 10.5 Å². The maximum Gasteiger partial charge on any atom is 0.408 e. The van der Waals surface area contributed by atoms with Gasteiger partial charge in [-0.25, -0.2) is 4.79 Å². The largest absolute Gasteiger partial charge is 0.444 e. The number of anilines is 1. The summed E-state index contributed by atoms with van der Waals surface area (Å²) < 4.78 is 5.23. The lowest BCUT2D eigenvalue weighted by molar-refractivity contribution is -0.123. The van der Waals surface area contributed by atoms with E-state index < -0.39 is 23.6 Å². The molecule has 1 aromatic carbocycles. The van der Waals surface area contributed by atoms with Crippen molar-refractivity contribution >= 4 is 23.6 Å². The number of amides is 3. The van der Waals surface area contributed by atoms with Crippen molar-refractivity contribution < 1.29 is 19.1 Å². The van der Waals surface area contributed by atoms with Gasteiger partial charge in [0.2, 0.25) is 0 Å². The zero-order valence-corrected chi connectivity index (χ0v) is 17.8. The Hall–Kier alpha value is -2.81. The molecule has 162 valence electrons. The van der Waals surface area contributed by atoms with Crippen molar-refractivity contribution in [2.75, 3.05) is 18.5 Å². The molecule has 0 aromatic heterocycles. The highest BCUT2D eigenvalue weighted by molar-refractivity contribution is 5.94. The minimum Gasteiger partial charge on any atom is -0.444 e. The molecule has 0 spiro atoms. The maximum atomic E-state index is 12.5. The number of nitrogens with one attached hydrogen (secondary N) is 4. The lowest BCUT2D eigenvalue weighted by Gasteiger charge is -2.24. The molecule has 0 bridgehead atoms. The molecule has 9 heteroatoms. The molecule has 0 saturated carbocycles. The van der Waals surface area contributed by atoms with Crippen molar-refractivity contribution in [3.8, 4) is 0 Å². The fourth-order valence-electron chi connectivity index (χ4n) is 2.37. The highest BCUT2D eigenvalue weighted by Gasteiger charge is 2.25. The zero-order chi connectivity index (χ0) is 22.0. The van der Waals surface area contributed by atoms with E-state index in [1.807, 2.05) is 13.8 Å². The number of ether oxygens (including phenoxy) is 1. The van der Waals surface area contributed by atoms with Crippen molar-refractivity contribution in [1.29, 1.82) is 0 Å². The Kier molecular flexibility index (Phi) is 9.40. The Labute approximate surface area is 172 Å². The molecule has 0 aliphatic carbocycles. The van der Waals surface area contributed by atoms with Crippen molar-refractivity contribution in [1.82, 2.24) is 16.1 Å². The third-order valence-corrected chi connectivity index (χ3v) is 3.62. The number of alkyl carbamates (subject to hydrolysis) is 1. The van der Waals surface area contributed by atoms with Crippen LogP contribution in [0, 0.1) is 5.92 Å². The first-order chi connectivity index (χ1) is 13.5. The Morgan fingerprint density at radius 1 is 1.10 bits per heavy atom. The van der Waals surface area contributed by atoms with Crippen molar-refractivity contribution in [3.63, 3.8) is 0 Å². The summed E-state index contributed by atoms with van der Waals surface area (Å²) in [7, 11) is 0. The van der Waals surface area contributed by atoms with Crippen LogP contribution >= 0.6 is 0 Å². The predicted molar refractivity (Wildman–Crippen MR) is 112 cm³/mol. The summed E-state index contributed by atoms with van der Waals surface area (Å²) in [6.45, 7) is 9.95. The van der Waals surface area contributed by atoms with Gasteiger partial charge in [0.15, 0.2) is 0 Å². The molecule has 3 amide bonds. The molecule has 9 nitrogen and oxygen atoms in total. The molecule has 0 fully saturated rings. The third kappa shape index (κ3) is 9.79. The fourth-order valence-corrected chi connectivity index (χ4v) is 2.37. The molecule has 0 aliphatic rings. The van der Waals surface area contributed by atoms with Gasteiger partial charge in [0.25, 0.3) is 11.8 Å². The van der Waals surface area contributed by atoms with E-state index in [4.69, 9.17) is 10.5 Å². The smallest absolute Gasteiger partial charge is 0.408 e. The van der Waals surface area contributed by atoms with Crippen LogP contribution in [0.15, 0.2) is 24.3 Å². The van der Waals surface area contributed by atoms with Crippen molar-refractivity contribution in [3.05, 3.63) is 29.8 Å². The van der Waals surface area contributed by atoms with Gasteiger partial charge in [0.05, 0.1) is 5.69 Å². The van der Waals surface area contributed by atoms with Gasteiger partial charge in [-0.05, 0) is 57.4 Å². The summed E-state index contributed by atoms with van der Waals surface area (Å²) in [6.07, 6.45) is -0.196. The summed E-state index contributed by atoms with van der Waals surface area (Å²) in [6, 6.07) is 5.83. The van der Waals surface area contributed by atoms with Crippen molar-refractivity contribution in [2.45, 2.75) is 52.7 Å². The van der Waals surface area contributed by atoms with E-state index in [2.05, 4.69) is 21.5 Å². The Morgan fingerprint density at radius 3 is 2.24 bits per heavy atom. The van der Waals surface area contributed by atoms with Gasteiger partial charge in [-0.2, -0.15) is 0 Å². The standard InChI is InChI=1S/C20H33N5O4/c1-13(2)12-16(23-19(28)29-20(3,4)5)18(27)25-24-15-8-6-14(7-9-15)17(26)22-11-10-21/h6-9,13,16,24H,10-12,21H2,1-5H3,(H,22,26)(H,23,28)(H,25,27)/t16-/m0/s1. The number of benzene rings is 1. The van der Waals surface area contributed by atoms with Gasteiger partial charge >= 0.3 is 6.09 Å². The highest BCUT2D eigenvalue weighted by Crippen LogP contribution is 2.11. The topological polar surface area (TPSA) is 135 Å². The summed E-state index contributed by atoms with van der Waals surface area (Å²) in [4.78, 5) is 36.4. The van der Waals surface area contributed by atoms with Crippen LogP contribution in [0.3, 0.4) is 0 Å². The molecule has 0 unspecified atom stereocenters. The number of carbonyl (C=O) groups is 3. The van der Waals surface area contributed by atoms with E-state index in [-0.39, 0.29) is 11.8 Å². The van der Waals surface area contributed by atoms with Crippen LogP contribution < -0.4 is 27.2 Å². The average Bonchev–Trinajstić information content (AvgIpc) is 2.62. The monoisotopic (exact) mass is 407 g/mol. The summed E-state index contributed by atoms with van der Waals surface area (Å²) >= 11 is 0. The summed E-state index contributed by atoms with van der Waals surface area (Å²) in [5.41, 5.74) is 11.2. The minimum absolute atomic E-state index is 0.187. The first-order valence-electron chi connectivity index (χ1n) is 9.65. The second kappa shape index (κ2) is 11.3. The van der Waals surface area contributed by atoms with Gasteiger partial charge in [0.1, 0.15) is 11.6 Å². The molecule has 0 radical (unpaired) electrons. The summed E-state index contributed by atoms with van der Waals surface area (Å²) in [5.74, 6) is -0.425. The van der Waals surface area contributed by atoms with E-state index in [1.165, 1.54) is 0 Å². The number of hydrogen-bond acceptors (Lipinski definition) is 6. The van der Waals surface area contributed by atoms with Crippen LogP contribution in [0.25, 0.3) is 0 Å². The van der Waals surface area contributed by atoms with Crippen LogP contribution in [-0.4, -0.2) is 42.6 Å². The number of hydrogen-bond donors (Lipinski definition) is 5. The van der Waals surface area contributed by atoms with Crippen LogP contribution in [0.2, 0.25) is 0 Å². The van der Waals surface area contributed by atoms with Gasteiger partial charge in [-0.15, -0.1) is 0 Å². The molecule has 0 saturated heterocycles. The normalized spacial score (nSPS) is 12.1. The zero-order valence-electron chi connectivity index (χ0n) is 17.8. The lowest BCUT2D eigenvalue weighted by atomic mass is 10.0. The molecule has 1 atom stereocenters. The number of hydrazine groups is 1. The average molecular weight is 408 g/mol. The van der Waals surface area contributed by atoms with E-state index in [0.29, 0.717) is 30.8 Å². The quantitative estimate of drug-likeness (QED) is 0.396. The Balaban J connectivity index is 2.65.